The highest BCUT2D eigenvalue weighted by Crippen LogP contribution is 2.28. The van der Waals surface area contributed by atoms with Crippen molar-refractivity contribution in [3.05, 3.63) is 94.9 Å². The van der Waals surface area contributed by atoms with Crippen LogP contribution in [0.25, 0.3) is 17.2 Å². The number of rotatable bonds is 5. The Kier molecular flexibility index (Phi) is 5.79. The molecular formula is C24H20N2OS2. The second-order valence-electron chi connectivity index (χ2n) is 6.83. The summed E-state index contributed by atoms with van der Waals surface area (Å²) in [5.74, 6) is -0.128. The Morgan fingerprint density at radius 3 is 2.14 bits per heavy atom. The van der Waals surface area contributed by atoms with E-state index in [0.717, 1.165) is 22.4 Å². The van der Waals surface area contributed by atoms with Gasteiger partial charge in [0.2, 0.25) is 0 Å². The van der Waals surface area contributed by atoms with Crippen molar-refractivity contribution in [2.24, 2.45) is 0 Å². The van der Waals surface area contributed by atoms with Crippen LogP contribution in [-0.4, -0.2) is 10.2 Å². The van der Waals surface area contributed by atoms with Gasteiger partial charge in [0.15, 0.2) is 0 Å². The van der Waals surface area contributed by atoms with Crippen LogP contribution in [0.4, 0.5) is 5.69 Å². The van der Waals surface area contributed by atoms with E-state index >= 15 is 0 Å². The van der Waals surface area contributed by atoms with Gasteiger partial charge >= 0.3 is 0 Å². The summed E-state index contributed by atoms with van der Waals surface area (Å²) >= 11 is 6.32. The molecule has 144 valence electrons. The van der Waals surface area contributed by atoms with Crippen molar-refractivity contribution in [1.29, 1.82) is 0 Å². The summed E-state index contributed by atoms with van der Waals surface area (Å²) in [6.07, 6.45) is 1.86. The van der Waals surface area contributed by atoms with Crippen LogP contribution >= 0.6 is 24.0 Å². The van der Waals surface area contributed by atoms with E-state index in [1.807, 2.05) is 24.3 Å². The molecule has 0 radical (unpaired) electrons. The number of carbonyl (C=O) groups excluding carboxylic acids is 1. The maximum atomic E-state index is 11.8. The lowest BCUT2D eigenvalue weighted by Gasteiger charge is -2.16. The Balaban J connectivity index is 1.44. The van der Waals surface area contributed by atoms with Crippen molar-refractivity contribution in [3.63, 3.8) is 0 Å². The van der Waals surface area contributed by atoms with Gasteiger partial charge in [-0.2, -0.15) is 0 Å². The van der Waals surface area contributed by atoms with Gasteiger partial charge in [0.1, 0.15) is 4.32 Å². The minimum Gasteiger partial charge on any atom is -0.379 e. The van der Waals surface area contributed by atoms with Crippen LogP contribution in [0.15, 0.2) is 83.8 Å². The topological polar surface area (TPSA) is 41.1 Å². The van der Waals surface area contributed by atoms with Crippen LogP contribution in [-0.2, 0) is 4.79 Å². The van der Waals surface area contributed by atoms with Gasteiger partial charge in [-0.25, -0.2) is 0 Å². The van der Waals surface area contributed by atoms with E-state index in [1.165, 1.54) is 17.3 Å². The molecule has 1 unspecified atom stereocenters. The first-order valence-electron chi connectivity index (χ1n) is 9.35. The zero-order valence-corrected chi connectivity index (χ0v) is 17.5. The number of nitrogens with one attached hydrogen (secondary N) is 2. The first-order chi connectivity index (χ1) is 14.1. The van der Waals surface area contributed by atoms with Gasteiger partial charge in [-0.1, -0.05) is 90.7 Å². The highest BCUT2D eigenvalue weighted by atomic mass is 32.2. The molecule has 1 aliphatic rings. The van der Waals surface area contributed by atoms with E-state index in [4.69, 9.17) is 12.2 Å². The molecule has 3 nitrogen and oxygen atoms in total. The minimum atomic E-state index is -0.128. The number of carbonyl (C=O) groups is 1. The largest absolute Gasteiger partial charge is 0.379 e. The van der Waals surface area contributed by atoms with Crippen LogP contribution in [0, 0.1) is 0 Å². The number of benzene rings is 3. The van der Waals surface area contributed by atoms with Crippen LogP contribution in [0.5, 0.6) is 0 Å². The summed E-state index contributed by atoms with van der Waals surface area (Å²) in [5.41, 5.74) is 5.61. The molecule has 3 aromatic carbocycles. The van der Waals surface area contributed by atoms with Crippen LogP contribution in [0.2, 0.25) is 0 Å². The third-order valence-corrected chi connectivity index (χ3v) is 5.91. The maximum Gasteiger partial charge on any atom is 0.263 e. The second kappa shape index (κ2) is 8.64. The zero-order valence-electron chi connectivity index (χ0n) is 15.9. The Labute approximate surface area is 180 Å². The summed E-state index contributed by atoms with van der Waals surface area (Å²) in [7, 11) is 0. The lowest BCUT2D eigenvalue weighted by Crippen LogP contribution is -2.17. The number of thiocarbonyl (C=S) groups is 1. The van der Waals surface area contributed by atoms with Crippen LogP contribution in [0.3, 0.4) is 0 Å². The number of amides is 1. The average molecular weight is 417 g/mol. The standard InChI is InChI=1S/C24H20N2OS2/c1-16(18-5-3-2-4-6-18)25-21-13-11-20(12-14-21)19-9-7-17(8-10-19)15-22-23(27)26-24(28)29-22/h2-16,25H,1H3,(H,26,27,28)/b22-15-. The molecule has 1 aliphatic heterocycles. The zero-order chi connectivity index (χ0) is 20.2. The molecule has 2 N–H and O–H groups in total. The number of anilines is 1. The number of hydrogen-bond acceptors (Lipinski definition) is 4. The highest BCUT2D eigenvalue weighted by molar-refractivity contribution is 8.26. The number of thioether (sulfide) groups is 1. The molecule has 1 atom stereocenters. The van der Waals surface area contributed by atoms with Gasteiger partial charge in [-0.15, -0.1) is 0 Å². The molecule has 0 saturated carbocycles. The molecule has 1 heterocycles. The van der Waals surface area contributed by atoms with Gasteiger partial charge in [0, 0.05) is 11.7 Å². The molecule has 0 spiro atoms. The fourth-order valence-electron chi connectivity index (χ4n) is 3.18. The van der Waals surface area contributed by atoms with Gasteiger partial charge in [0.25, 0.3) is 5.91 Å². The van der Waals surface area contributed by atoms with Crippen molar-refractivity contribution in [1.82, 2.24) is 5.32 Å². The van der Waals surface area contributed by atoms with Gasteiger partial charge in [-0.05, 0) is 47.4 Å². The summed E-state index contributed by atoms with van der Waals surface area (Å²) in [5, 5.41) is 6.17. The van der Waals surface area contributed by atoms with Gasteiger partial charge in [0.05, 0.1) is 4.91 Å². The predicted octanol–water partition coefficient (Wildman–Crippen LogP) is 6.02. The Morgan fingerprint density at radius 1 is 0.931 bits per heavy atom. The smallest absolute Gasteiger partial charge is 0.263 e. The lowest BCUT2D eigenvalue weighted by atomic mass is 10.0. The van der Waals surface area contributed by atoms with E-state index in [0.29, 0.717) is 9.23 Å². The maximum absolute atomic E-state index is 11.8. The molecule has 0 aromatic heterocycles. The van der Waals surface area contributed by atoms with E-state index in [9.17, 15) is 4.79 Å². The molecule has 0 bridgehead atoms. The second-order valence-corrected chi connectivity index (χ2v) is 8.55. The summed E-state index contributed by atoms with van der Waals surface area (Å²) in [6.45, 7) is 2.16. The van der Waals surface area contributed by atoms with Gasteiger partial charge in [-0.3, -0.25) is 4.79 Å². The van der Waals surface area contributed by atoms with E-state index in [-0.39, 0.29) is 11.9 Å². The molecule has 0 aliphatic carbocycles. The summed E-state index contributed by atoms with van der Waals surface area (Å²) < 4.78 is 0.508. The monoisotopic (exact) mass is 416 g/mol. The van der Waals surface area contributed by atoms with Crippen LogP contribution in [0.1, 0.15) is 24.1 Å². The van der Waals surface area contributed by atoms with Crippen molar-refractivity contribution < 1.29 is 4.79 Å². The molecule has 5 heteroatoms. The third-order valence-electron chi connectivity index (χ3n) is 4.75. The molecule has 1 saturated heterocycles. The quantitative estimate of drug-likeness (QED) is 0.394. The molecule has 1 fully saturated rings. The molecule has 1 amide bonds. The minimum absolute atomic E-state index is 0.128. The molecular weight excluding hydrogens is 396 g/mol. The van der Waals surface area contributed by atoms with Crippen molar-refractivity contribution >= 4 is 46.0 Å². The lowest BCUT2D eigenvalue weighted by molar-refractivity contribution is -0.115. The van der Waals surface area contributed by atoms with Crippen LogP contribution < -0.4 is 10.6 Å². The number of hydrogen-bond donors (Lipinski definition) is 2. The Hall–Kier alpha value is -2.89. The summed E-state index contributed by atoms with van der Waals surface area (Å²) in [6, 6.07) is 27.3. The van der Waals surface area contributed by atoms with Crippen molar-refractivity contribution in [3.8, 4) is 11.1 Å². The molecule has 29 heavy (non-hydrogen) atoms. The van der Waals surface area contributed by atoms with E-state index < -0.39 is 0 Å². The first-order valence-corrected chi connectivity index (χ1v) is 10.6. The molecule has 3 aromatic rings. The van der Waals surface area contributed by atoms with E-state index in [2.05, 4.69) is 78.2 Å². The highest BCUT2D eigenvalue weighted by Gasteiger charge is 2.21. The fourth-order valence-corrected chi connectivity index (χ4v) is 4.22. The Morgan fingerprint density at radius 2 is 1.55 bits per heavy atom. The SMILES string of the molecule is CC(Nc1ccc(-c2ccc(/C=C3\SC(=S)NC3=O)cc2)cc1)c1ccccc1. The normalized spacial score (nSPS) is 16.0. The third kappa shape index (κ3) is 4.75. The van der Waals surface area contributed by atoms with Crippen molar-refractivity contribution in [2.75, 3.05) is 5.32 Å². The molecule has 4 rings (SSSR count). The van der Waals surface area contributed by atoms with E-state index in [1.54, 1.807) is 0 Å². The Bertz CT molecular complexity index is 1060. The average Bonchev–Trinajstić information content (AvgIpc) is 3.06. The fraction of sp³-hybridized carbons (Fsp3) is 0.0833. The predicted molar refractivity (Wildman–Crippen MR) is 127 cm³/mol. The first kappa shape index (κ1) is 19.4. The summed E-state index contributed by atoms with van der Waals surface area (Å²) in [4.78, 5) is 12.4. The van der Waals surface area contributed by atoms with Gasteiger partial charge < -0.3 is 10.6 Å². The van der Waals surface area contributed by atoms with Crippen molar-refractivity contribution in [2.45, 2.75) is 13.0 Å².